The number of rotatable bonds is 1. The molecule has 84 valence electrons. The summed E-state index contributed by atoms with van der Waals surface area (Å²) < 4.78 is 12.8. The Hall–Kier alpha value is -1.38. The lowest BCUT2D eigenvalue weighted by Gasteiger charge is -2.10. The van der Waals surface area contributed by atoms with E-state index in [0.29, 0.717) is 11.1 Å². The summed E-state index contributed by atoms with van der Waals surface area (Å²) >= 11 is 0. The van der Waals surface area contributed by atoms with Crippen LogP contribution in [0.4, 0.5) is 4.39 Å². The van der Waals surface area contributed by atoms with Gasteiger partial charge in [-0.2, -0.15) is 0 Å². The highest BCUT2D eigenvalue weighted by atomic mass is 19.1. The Kier molecular flexibility index (Phi) is 5.60. The van der Waals surface area contributed by atoms with Gasteiger partial charge in [-0.05, 0) is 30.7 Å². The zero-order chi connectivity index (χ0) is 12.0. The maximum absolute atomic E-state index is 12.8. The average Bonchev–Trinajstić information content (AvgIpc) is 2.24. The number of benzene rings is 1. The number of halogens is 1. The molecule has 0 aliphatic heterocycles. The second-order valence-corrected chi connectivity index (χ2v) is 3.16. The van der Waals surface area contributed by atoms with Gasteiger partial charge < -0.3 is 4.90 Å². The van der Waals surface area contributed by atoms with Crippen LogP contribution in [0.5, 0.6) is 0 Å². The third-order valence-corrected chi connectivity index (χ3v) is 1.81. The number of carbonyl (C=O) groups is 1. The lowest BCUT2D eigenvalue weighted by Crippen LogP contribution is -2.21. The molecule has 0 heterocycles. The van der Waals surface area contributed by atoms with Gasteiger partial charge in [-0.15, -0.1) is 0 Å². The average molecular weight is 211 g/mol. The first kappa shape index (κ1) is 13.6. The third kappa shape index (κ3) is 3.70. The summed E-state index contributed by atoms with van der Waals surface area (Å²) in [6, 6.07) is 4.36. The van der Waals surface area contributed by atoms with E-state index in [-0.39, 0.29) is 11.7 Å². The van der Waals surface area contributed by atoms with Crippen LogP contribution in [0.1, 0.15) is 29.8 Å². The minimum absolute atomic E-state index is 0.108. The summed E-state index contributed by atoms with van der Waals surface area (Å²) in [6.45, 7) is 5.64. The van der Waals surface area contributed by atoms with Gasteiger partial charge in [-0.1, -0.05) is 13.8 Å². The summed E-state index contributed by atoms with van der Waals surface area (Å²) in [7, 11) is 3.34. The molecule has 0 fully saturated rings. The normalized spacial score (nSPS) is 8.93. The molecule has 2 nitrogen and oxygen atoms in total. The largest absolute Gasteiger partial charge is 0.345 e. The SMILES string of the molecule is CC.Cc1cc(C(=O)N(C)C)ccc1F. The predicted molar refractivity (Wildman–Crippen MR) is 60.5 cm³/mol. The topological polar surface area (TPSA) is 20.3 Å². The number of aryl methyl sites for hydroxylation is 1. The van der Waals surface area contributed by atoms with Gasteiger partial charge in [0.15, 0.2) is 0 Å². The van der Waals surface area contributed by atoms with Crippen molar-refractivity contribution in [2.24, 2.45) is 0 Å². The standard InChI is InChI=1S/C10H12FNO.C2H6/c1-7-6-8(4-5-9(7)11)10(13)12(2)3;1-2/h4-6H,1-3H3;1-2H3. The quantitative estimate of drug-likeness (QED) is 0.699. The summed E-state index contributed by atoms with van der Waals surface area (Å²) in [5.74, 6) is -0.390. The smallest absolute Gasteiger partial charge is 0.253 e. The van der Waals surface area contributed by atoms with Crippen molar-refractivity contribution in [2.75, 3.05) is 14.1 Å². The molecular formula is C12H18FNO. The zero-order valence-corrected chi connectivity index (χ0v) is 9.97. The first-order valence-electron chi connectivity index (χ1n) is 5.00. The second-order valence-electron chi connectivity index (χ2n) is 3.16. The highest BCUT2D eigenvalue weighted by Gasteiger charge is 2.08. The van der Waals surface area contributed by atoms with Crippen molar-refractivity contribution in [3.63, 3.8) is 0 Å². The molecule has 0 bridgehead atoms. The van der Waals surface area contributed by atoms with E-state index in [1.165, 1.54) is 17.0 Å². The molecule has 15 heavy (non-hydrogen) atoms. The van der Waals surface area contributed by atoms with Crippen LogP contribution in [0.3, 0.4) is 0 Å². The molecule has 1 aromatic carbocycles. The Bertz CT molecular complexity index is 334. The van der Waals surface area contributed by atoms with E-state index in [2.05, 4.69) is 0 Å². The first-order chi connectivity index (χ1) is 7.02. The molecule has 0 N–H and O–H groups in total. The molecule has 3 heteroatoms. The fourth-order valence-electron chi connectivity index (χ4n) is 1.04. The molecule has 1 rings (SSSR count). The summed E-state index contributed by atoms with van der Waals surface area (Å²) in [6.07, 6.45) is 0. The Morgan fingerprint density at radius 2 is 1.80 bits per heavy atom. The number of amides is 1. The van der Waals surface area contributed by atoms with E-state index in [1.54, 1.807) is 27.1 Å². The van der Waals surface area contributed by atoms with Crippen molar-refractivity contribution >= 4 is 5.91 Å². The number of nitrogens with zero attached hydrogens (tertiary/aromatic N) is 1. The van der Waals surface area contributed by atoms with Crippen LogP contribution < -0.4 is 0 Å². The van der Waals surface area contributed by atoms with E-state index in [0.717, 1.165) is 0 Å². The van der Waals surface area contributed by atoms with Crippen molar-refractivity contribution in [1.82, 2.24) is 4.90 Å². The van der Waals surface area contributed by atoms with E-state index in [1.807, 2.05) is 13.8 Å². The summed E-state index contributed by atoms with van der Waals surface area (Å²) in [4.78, 5) is 12.9. The van der Waals surface area contributed by atoms with Gasteiger partial charge in [0.2, 0.25) is 0 Å². The Morgan fingerprint density at radius 3 is 2.20 bits per heavy atom. The molecular weight excluding hydrogens is 193 g/mol. The highest BCUT2D eigenvalue weighted by Crippen LogP contribution is 2.10. The third-order valence-electron chi connectivity index (χ3n) is 1.81. The molecule has 0 saturated carbocycles. The van der Waals surface area contributed by atoms with E-state index in [9.17, 15) is 9.18 Å². The molecule has 1 amide bonds. The van der Waals surface area contributed by atoms with Gasteiger partial charge in [-0.3, -0.25) is 4.79 Å². The van der Waals surface area contributed by atoms with Crippen LogP contribution in [0.25, 0.3) is 0 Å². The van der Waals surface area contributed by atoms with Gasteiger partial charge in [0.1, 0.15) is 5.82 Å². The monoisotopic (exact) mass is 211 g/mol. The summed E-state index contributed by atoms with van der Waals surface area (Å²) in [5.41, 5.74) is 1.01. The maximum Gasteiger partial charge on any atom is 0.253 e. The fourth-order valence-corrected chi connectivity index (χ4v) is 1.04. The lowest BCUT2D eigenvalue weighted by atomic mass is 10.1. The van der Waals surface area contributed by atoms with Crippen LogP contribution in [0, 0.1) is 12.7 Å². The highest BCUT2D eigenvalue weighted by molar-refractivity contribution is 5.94. The van der Waals surface area contributed by atoms with E-state index in [4.69, 9.17) is 0 Å². The van der Waals surface area contributed by atoms with Crippen LogP contribution >= 0.6 is 0 Å². The van der Waals surface area contributed by atoms with Gasteiger partial charge in [0.05, 0.1) is 0 Å². The maximum atomic E-state index is 12.8. The number of carbonyl (C=O) groups excluding carboxylic acids is 1. The minimum atomic E-state index is -0.282. The van der Waals surface area contributed by atoms with Crippen molar-refractivity contribution in [3.05, 3.63) is 35.1 Å². The molecule has 0 unspecified atom stereocenters. The molecule has 0 aliphatic rings. The Labute approximate surface area is 90.7 Å². The summed E-state index contributed by atoms with van der Waals surface area (Å²) in [5, 5.41) is 0. The van der Waals surface area contributed by atoms with Crippen LogP contribution in [0.15, 0.2) is 18.2 Å². The molecule has 0 aliphatic carbocycles. The molecule has 1 aromatic rings. The van der Waals surface area contributed by atoms with Gasteiger partial charge >= 0.3 is 0 Å². The molecule has 0 aromatic heterocycles. The van der Waals surface area contributed by atoms with Crippen molar-refractivity contribution in [2.45, 2.75) is 20.8 Å². The Balaban J connectivity index is 0.000000921. The van der Waals surface area contributed by atoms with E-state index >= 15 is 0 Å². The van der Waals surface area contributed by atoms with Crippen LogP contribution in [-0.4, -0.2) is 24.9 Å². The van der Waals surface area contributed by atoms with Crippen LogP contribution in [0.2, 0.25) is 0 Å². The molecule has 0 radical (unpaired) electrons. The fraction of sp³-hybridized carbons (Fsp3) is 0.417. The minimum Gasteiger partial charge on any atom is -0.345 e. The van der Waals surface area contributed by atoms with Crippen molar-refractivity contribution in [1.29, 1.82) is 0 Å². The number of hydrogen-bond acceptors (Lipinski definition) is 1. The van der Waals surface area contributed by atoms with Gasteiger partial charge in [0.25, 0.3) is 5.91 Å². The molecule has 0 atom stereocenters. The second kappa shape index (κ2) is 6.17. The van der Waals surface area contributed by atoms with Gasteiger partial charge in [0, 0.05) is 19.7 Å². The number of hydrogen-bond donors (Lipinski definition) is 0. The van der Waals surface area contributed by atoms with E-state index < -0.39 is 0 Å². The molecule has 0 saturated heterocycles. The lowest BCUT2D eigenvalue weighted by molar-refractivity contribution is 0.0827. The first-order valence-corrected chi connectivity index (χ1v) is 5.00. The van der Waals surface area contributed by atoms with Crippen molar-refractivity contribution < 1.29 is 9.18 Å². The van der Waals surface area contributed by atoms with Crippen molar-refractivity contribution in [3.8, 4) is 0 Å². The van der Waals surface area contributed by atoms with Crippen LogP contribution in [-0.2, 0) is 0 Å². The zero-order valence-electron chi connectivity index (χ0n) is 9.97. The van der Waals surface area contributed by atoms with Gasteiger partial charge in [-0.25, -0.2) is 4.39 Å². The Morgan fingerprint density at radius 1 is 1.27 bits per heavy atom. The predicted octanol–water partition coefficient (Wildman–Crippen LogP) is 2.86. The molecule has 0 spiro atoms.